The third-order valence-corrected chi connectivity index (χ3v) is 4.51. The lowest BCUT2D eigenvalue weighted by Gasteiger charge is -2.27. The minimum Gasteiger partial charge on any atom is -0.377 e. The van der Waals surface area contributed by atoms with E-state index < -0.39 is 11.6 Å². The largest absolute Gasteiger partial charge is 0.377 e. The smallest absolute Gasteiger partial charge is 0.254 e. The van der Waals surface area contributed by atoms with Gasteiger partial charge in [0.15, 0.2) is 17.5 Å². The molecule has 0 bridgehead atoms. The number of benzene rings is 1. The number of amides is 1. The number of methoxy groups -OCH3 is 1. The fraction of sp³-hybridized carbons (Fsp3) is 0.471. The van der Waals surface area contributed by atoms with Gasteiger partial charge in [0.1, 0.15) is 12.4 Å². The molecule has 3 rings (SSSR count). The van der Waals surface area contributed by atoms with Crippen LogP contribution >= 0.6 is 0 Å². The molecule has 0 radical (unpaired) electrons. The molecule has 2 heterocycles. The molecule has 0 saturated heterocycles. The SMILES string of the molecule is COCc1nnc2n1CCN(C(=O)c1cc(F)c(F)cc1C)[C@H](C)C2. The molecular weight excluding hydrogens is 330 g/mol. The van der Waals surface area contributed by atoms with Gasteiger partial charge >= 0.3 is 0 Å². The Morgan fingerprint density at radius 2 is 2.00 bits per heavy atom. The maximum absolute atomic E-state index is 13.6. The number of nitrogens with zero attached hydrogens (tertiary/aromatic N) is 4. The number of carbonyl (C=O) groups is 1. The molecule has 25 heavy (non-hydrogen) atoms. The Morgan fingerprint density at radius 3 is 2.72 bits per heavy atom. The van der Waals surface area contributed by atoms with Gasteiger partial charge < -0.3 is 14.2 Å². The Hall–Kier alpha value is -2.35. The van der Waals surface area contributed by atoms with E-state index in [2.05, 4.69) is 10.2 Å². The van der Waals surface area contributed by atoms with Gasteiger partial charge in [-0.2, -0.15) is 0 Å². The summed E-state index contributed by atoms with van der Waals surface area (Å²) in [5.74, 6) is -0.778. The summed E-state index contributed by atoms with van der Waals surface area (Å²) in [5.41, 5.74) is 0.598. The van der Waals surface area contributed by atoms with Crippen LogP contribution in [0.25, 0.3) is 0 Å². The third-order valence-electron chi connectivity index (χ3n) is 4.51. The lowest BCUT2D eigenvalue weighted by atomic mass is 10.1. The van der Waals surface area contributed by atoms with Gasteiger partial charge in [-0.15, -0.1) is 10.2 Å². The number of halogens is 2. The molecule has 2 aromatic rings. The van der Waals surface area contributed by atoms with Crippen LogP contribution in [0, 0.1) is 18.6 Å². The highest BCUT2D eigenvalue weighted by atomic mass is 19.2. The van der Waals surface area contributed by atoms with Crippen molar-refractivity contribution < 1.29 is 18.3 Å². The Kier molecular flexibility index (Phi) is 4.80. The summed E-state index contributed by atoms with van der Waals surface area (Å²) in [6.07, 6.45) is 0.533. The number of rotatable bonds is 3. The van der Waals surface area contributed by atoms with Gasteiger partial charge in [-0.3, -0.25) is 4.79 Å². The average molecular weight is 350 g/mol. The molecular formula is C17H20F2N4O2. The molecule has 8 heteroatoms. The monoisotopic (exact) mass is 350 g/mol. The average Bonchev–Trinajstić information content (AvgIpc) is 2.84. The van der Waals surface area contributed by atoms with Crippen LogP contribution in [0.3, 0.4) is 0 Å². The van der Waals surface area contributed by atoms with Crippen molar-refractivity contribution in [2.24, 2.45) is 0 Å². The predicted molar refractivity (Wildman–Crippen MR) is 86.0 cm³/mol. The van der Waals surface area contributed by atoms with Crippen molar-refractivity contribution in [3.8, 4) is 0 Å². The van der Waals surface area contributed by atoms with Crippen molar-refractivity contribution in [2.45, 2.75) is 39.5 Å². The molecule has 0 N–H and O–H groups in total. The molecule has 1 aromatic heterocycles. The zero-order valence-corrected chi connectivity index (χ0v) is 14.4. The van der Waals surface area contributed by atoms with Gasteiger partial charge in [-0.25, -0.2) is 8.78 Å². The zero-order valence-electron chi connectivity index (χ0n) is 14.4. The number of hydrogen-bond acceptors (Lipinski definition) is 4. The molecule has 0 spiro atoms. The highest BCUT2D eigenvalue weighted by Crippen LogP contribution is 2.21. The second-order valence-corrected chi connectivity index (χ2v) is 6.25. The van der Waals surface area contributed by atoms with E-state index in [-0.39, 0.29) is 17.5 Å². The molecule has 0 fully saturated rings. The summed E-state index contributed by atoms with van der Waals surface area (Å²) in [6.45, 7) is 4.81. The Morgan fingerprint density at radius 1 is 1.28 bits per heavy atom. The van der Waals surface area contributed by atoms with E-state index in [1.165, 1.54) is 0 Å². The molecule has 1 aliphatic rings. The van der Waals surface area contributed by atoms with Gasteiger partial charge in [-0.05, 0) is 31.5 Å². The summed E-state index contributed by atoms with van der Waals surface area (Å²) < 4.78 is 34.0. The van der Waals surface area contributed by atoms with Crippen LogP contribution in [0.4, 0.5) is 8.78 Å². The van der Waals surface area contributed by atoms with E-state index in [0.29, 0.717) is 37.5 Å². The topological polar surface area (TPSA) is 60.3 Å². The first kappa shape index (κ1) is 17.5. The van der Waals surface area contributed by atoms with E-state index in [1.807, 2.05) is 11.5 Å². The molecule has 0 unspecified atom stereocenters. The quantitative estimate of drug-likeness (QED) is 0.851. The lowest BCUT2D eigenvalue weighted by molar-refractivity contribution is 0.0693. The number of aromatic nitrogens is 3. The molecule has 1 aromatic carbocycles. The second kappa shape index (κ2) is 6.87. The van der Waals surface area contributed by atoms with Crippen molar-refractivity contribution in [3.05, 3.63) is 46.5 Å². The van der Waals surface area contributed by atoms with Crippen LogP contribution in [0.15, 0.2) is 12.1 Å². The summed E-state index contributed by atoms with van der Waals surface area (Å²) >= 11 is 0. The van der Waals surface area contributed by atoms with Crippen LogP contribution in [0.2, 0.25) is 0 Å². The van der Waals surface area contributed by atoms with Gasteiger partial charge in [0, 0.05) is 38.2 Å². The predicted octanol–water partition coefficient (Wildman–Crippen LogP) is 2.10. The van der Waals surface area contributed by atoms with Crippen LogP contribution in [0.1, 0.15) is 34.5 Å². The van der Waals surface area contributed by atoms with Gasteiger partial charge in [0.25, 0.3) is 5.91 Å². The maximum Gasteiger partial charge on any atom is 0.254 e. The first-order chi connectivity index (χ1) is 11.9. The van der Waals surface area contributed by atoms with Gasteiger partial charge in [-0.1, -0.05) is 0 Å². The first-order valence-electron chi connectivity index (χ1n) is 8.09. The third kappa shape index (κ3) is 3.26. The number of fused-ring (bicyclic) bond motifs is 1. The molecule has 6 nitrogen and oxygen atoms in total. The summed E-state index contributed by atoms with van der Waals surface area (Å²) in [7, 11) is 1.59. The molecule has 134 valence electrons. The molecule has 0 saturated carbocycles. The number of ether oxygens (including phenoxy) is 1. The van der Waals surface area contributed by atoms with E-state index >= 15 is 0 Å². The molecule has 0 aliphatic carbocycles. The van der Waals surface area contributed by atoms with E-state index in [1.54, 1.807) is 18.9 Å². The van der Waals surface area contributed by atoms with E-state index in [4.69, 9.17) is 4.74 Å². The van der Waals surface area contributed by atoms with Gasteiger partial charge in [0.05, 0.1) is 0 Å². The van der Waals surface area contributed by atoms with Crippen LogP contribution < -0.4 is 0 Å². The maximum atomic E-state index is 13.6. The Labute approximate surface area is 144 Å². The van der Waals surface area contributed by atoms with Crippen LogP contribution in [0.5, 0.6) is 0 Å². The van der Waals surface area contributed by atoms with Crippen molar-refractivity contribution >= 4 is 5.91 Å². The van der Waals surface area contributed by atoms with Crippen molar-refractivity contribution in [2.75, 3.05) is 13.7 Å². The first-order valence-corrected chi connectivity index (χ1v) is 8.09. The fourth-order valence-electron chi connectivity index (χ4n) is 3.15. The zero-order chi connectivity index (χ0) is 18.1. The van der Waals surface area contributed by atoms with Gasteiger partial charge in [0.2, 0.25) is 0 Å². The Balaban J connectivity index is 1.87. The fourth-order valence-corrected chi connectivity index (χ4v) is 3.15. The van der Waals surface area contributed by atoms with Crippen molar-refractivity contribution in [3.63, 3.8) is 0 Å². The van der Waals surface area contributed by atoms with Crippen LogP contribution in [-0.2, 0) is 24.3 Å². The Bertz CT molecular complexity index is 806. The van der Waals surface area contributed by atoms with Crippen molar-refractivity contribution in [1.29, 1.82) is 0 Å². The highest BCUT2D eigenvalue weighted by molar-refractivity contribution is 5.95. The number of carbonyl (C=O) groups excluding carboxylic acids is 1. The second-order valence-electron chi connectivity index (χ2n) is 6.25. The van der Waals surface area contributed by atoms with Crippen LogP contribution in [-0.4, -0.2) is 45.3 Å². The molecule has 1 amide bonds. The minimum absolute atomic E-state index is 0.138. The standard InChI is InChI=1S/C17H20F2N4O2/c1-10-6-13(18)14(19)8-12(10)17(24)22-4-5-23-15(7-11(22)2)20-21-16(23)9-25-3/h6,8,11H,4-5,7,9H2,1-3H3/t11-/m1/s1. The normalized spacial score (nSPS) is 17.3. The highest BCUT2D eigenvalue weighted by Gasteiger charge is 2.29. The number of hydrogen-bond donors (Lipinski definition) is 0. The summed E-state index contributed by atoms with van der Waals surface area (Å²) in [6, 6.07) is 1.89. The minimum atomic E-state index is -1.02. The lowest BCUT2D eigenvalue weighted by Crippen LogP contribution is -2.40. The molecule has 1 atom stereocenters. The number of aryl methyl sites for hydroxylation is 1. The summed E-state index contributed by atoms with van der Waals surface area (Å²) in [4.78, 5) is 14.6. The molecule has 1 aliphatic heterocycles. The van der Waals surface area contributed by atoms with E-state index in [9.17, 15) is 13.6 Å². The van der Waals surface area contributed by atoms with E-state index in [0.717, 1.165) is 18.0 Å². The summed E-state index contributed by atoms with van der Waals surface area (Å²) in [5, 5.41) is 8.30. The van der Waals surface area contributed by atoms with Crippen molar-refractivity contribution in [1.82, 2.24) is 19.7 Å².